The topological polar surface area (TPSA) is 114 Å². The molecule has 0 bridgehead atoms. The highest BCUT2D eigenvalue weighted by molar-refractivity contribution is 7.99. The van der Waals surface area contributed by atoms with Gasteiger partial charge in [-0.3, -0.25) is 9.59 Å². The maximum atomic E-state index is 12.8. The van der Waals surface area contributed by atoms with Crippen LogP contribution in [0.3, 0.4) is 0 Å². The molecule has 3 heterocycles. The third-order valence-electron chi connectivity index (χ3n) is 5.84. The summed E-state index contributed by atoms with van der Waals surface area (Å²) >= 11 is 1.60. The van der Waals surface area contributed by atoms with Gasteiger partial charge in [-0.1, -0.05) is 38.6 Å². The number of methoxy groups -OCH3 is 1. The highest BCUT2D eigenvalue weighted by Gasteiger charge is 2.35. The summed E-state index contributed by atoms with van der Waals surface area (Å²) in [4.78, 5) is 36.5. The predicted molar refractivity (Wildman–Crippen MR) is 142 cm³/mol. The Kier molecular flexibility index (Phi) is 8.29. The van der Waals surface area contributed by atoms with E-state index in [1.165, 1.54) is 0 Å². The number of nitrogens with one attached hydrogen (secondary N) is 2. The Balaban J connectivity index is 1.40. The van der Waals surface area contributed by atoms with Gasteiger partial charge in [0.25, 0.3) is 0 Å². The van der Waals surface area contributed by atoms with Crippen LogP contribution in [0.25, 0.3) is 11.0 Å². The monoisotopic (exact) mass is 511 g/mol. The maximum Gasteiger partial charge on any atom is 0.227 e. The Morgan fingerprint density at radius 1 is 1.28 bits per heavy atom. The number of fused-ring (bicyclic) bond motifs is 1. The fraction of sp³-hybridized carbons (Fsp3) is 0.480. The van der Waals surface area contributed by atoms with Gasteiger partial charge in [0.1, 0.15) is 11.6 Å². The van der Waals surface area contributed by atoms with Crippen molar-refractivity contribution in [1.82, 2.24) is 25.1 Å². The molecule has 0 radical (unpaired) electrons. The Morgan fingerprint density at radius 2 is 2.11 bits per heavy atom. The summed E-state index contributed by atoms with van der Waals surface area (Å²) in [6, 6.07) is 7.31. The number of benzene rings is 1. The first-order valence-electron chi connectivity index (χ1n) is 12.3. The minimum atomic E-state index is -0.403. The summed E-state index contributed by atoms with van der Waals surface area (Å²) in [5.41, 5.74) is 1.47. The fourth-order valence-corrected chi connectivity index (χ4v) is 4.79. The zero-order valence-electron chi connectivity index (χ0n) is 21.2. The van der Waals surface area contributed by atoms with Crippen molar-refractivity contribution in [2.24, 2.45) is 5.92 Å². The molecule has 36 heavy (non-hydrogen) atoms. The van der Waals surface area contributed by atoms with Crippen molar-refractivity contribution in [3.05, 3.63) is 30.5 Å². The minimum Gasteiger partial charge on any atom is -0.497 e. The van der Waals surface area contributed by atoms with E-state index in [9.17, 15) is 9.59 Å². The molecular weight excluding hydrogens is 478 g/mol. The van der Waals surface area contributed by atoms with Gasteiger partial charge in [-0.15, -0.1) is 0 Å². The van der Waals surface area contributed by atoms with Crippen molar-refractivity contribution in [1.29, 1.82) is 0 Å². The van der Waals surface area contributed by atoms with Crippen LogP contribution < -0.4 is 20.3 Å². The first-order valence-corrected chi connectivity index (χ1v) is 13.1. The number of aromatic nitrogens is 4. The second-order valence-corrected chi connectivity index (χ2v) is 10.5. The van der Waals surface area contributed by atoms with Crippen molar-refractivity contribution in [3.63, 3.8) is 0 Å². The lowest BCUT2D eigenvalue weighted by Crippen LogP contribution is -2.35. The third kappa shape index (κ3) is 5.89. The third-order valence-corrected chi connectivity index (χ3v) is 6.71. The summed E-state index contributed by atoms with van der Waals surface area (Å²) in [5, 5.41) is 12.7. The number of rotatable bonds is 11. The molecular formula is C25H33N7O3S. The van der Waals surface area contributed by atoms with Gasteiger partial charge in [0.05, 0.1) is 31.2 Å². The summed E-state index contributed by atoms with van der Waals surface area (Å²) in [7, 11) is 1.59. The summed E-state index contributed by atoms with van der Waals surface area (Å²) < 4.78 is 7.05. The Hall–Kier alpha value is -3.34. The SMILES string of the molecule is CCCNc1nc(SC(C)C)nc2c1cnn2CCNC(=O)C1CC(=O)N(c2cccc(OC)c2)C1. The van der Waals surface area contributed by atoms with E-state index in [-0.39, 0.29) is 18.2 Å². The molecule has 1 aromatic carbocycles. The summed E-state index contributed by atoms with van der Waals surface area (Å²) in [6.45, 7) is 8.32. The van der Waals surface area contributed by atoms with Crippen LogP contribution in [0, 0.1) is 5.92 Å². The van der Waals surface area contributed by atoms with Gasteiger partial charge in [-0.05, 0) is 18.6 Å². The van der Waals surface area contributed by atoms with E-state index in [4.69, 9.17) is 9.72 Å². The van der Waals surface area contributed by atoms with Crippen LogP contribution in [0.15, 0.2) is 35.6 Å². The predicted octanol–water partition coefficient (Wildman–Crippen LogP) is 3.33. The number of amides is 2. The number of thioether (sulfide) groups is 1. The van der Waals surface area contributed by atoms with Gasteiger partial charge in [-0.2, -0.15) is 5.10 Å². The molecule has 0 aliphatic carbocycles. The summed E-state index contributed by atoms with van der Waals surface area (Å²) in [5.74, 6) is 0.842. The fourth-order valence-electron chi connectivity index (χ4n) is 4.08. The van der Waals surface area contributed by atoms with Gasteiger partial charge in [0, 0.05) is 43.1 Å². The molecule has 11 heteroatoms. The number of carbonyl (C=O) groups is 2. The minimum absolute atomic E-state index is 0.0690. The quantitative estimate of drug-likeness (QED) is 0.298. The molecule has 2 aromatic heterocycles. The molecule has 1 aliphatic heterocycles. The maximum absolute atomic E-state index is 12.8. The molecule has 2 amide bonds. The van der Waals surface area contributed by atoms with E-state index in [0.29, 0.717) is 35.8 Å². The molecule has 192 valence electrons. The zero-order chi connectivity index (χ0) is 25.7. The molecule has 0 saturated carbocycles. The number of nitrogens with zero attached hydrogens (tertiary/aromatic N) is 5. The zero-order valence-corrected chi connectivity index (χ0v) is 22.0. The van der Waals surface area contributed by atoms with Crippen LogP contribution in [0.2, 0.25) is 0 Å². The largest absolute Gasteiger partial charge is 0.497 e. The van der Waals surface area contributed by atoms with Crippen LogP contribution in [0.1, 0.15) is 33.6 Å². The van der Waals surface area contributed by atoms with Crippen LogP contribution in [-0.2, 0) is 16.1 Å². The van der Waals surface area contributed by atoms with Crippen molar-refractivity contribution < 1.29 is 14.3 Å². The van der Waals surface area contributed by atoms with Gasteiger partial charge in [0.2, 0.25) is 11.8 Å². The van der Waals surface area contributed by atoms with Gasteiger partial charge < -0.3 is 20.3 Å². The van der Waals surface area contributed by atoms with Crippen molar-refractivity contribution >= 4 is 46.1 Å². The van der Waals surface area contributed by atoms with E-state index in [1.54, 1.807) is 40.7 Å². The Labute approximate surface area is 215 Å². The molecule has 1 unspecified atom stereocenters. The van der Waals surface area contributed by atoms with Gasteiger partial charge >= 0.3 is 0 Å². The second-order valence-electron chi connectivity index (χ2n) is 8.95. The molecule has 3 aromatic rings. The first-order chi connectivity index (χ1) is 17.4. The molecule has 0 spiro atoms. The molecule has 1 aliphatic rings. The average Bonchev–Trinajstić information content (AvgIpc) is 3.45. The van der Waals surface area contributed by atoms with Crippen molar-refractivity contribution in [3.8, 4) is 5.75 Å². The molecule has 1 atom stereocenters. The van der Waals surface area contributed by atoms with Crippen LogP contribution in [0.5, 0.6) is 5.75 Å². The van der Waals surface area contributed by atoms with Gasteiger partial charge in [0.15, 0.2) is 10.8 Å². The lowest BCUT2D eigenvalue weighted by molar-refractivity contribution is -0.126. The number of hydrogen-bond acceptors (Lipinski definition) is 8. The van der Waals surface area contributed by atoms with E-state index in [1.807, 2.05) is 18.2 Å². The van der Waals surface area contributed by atoms with Crippen LogP contribution in [0.4, 0.5) is 11.5 Å². The standard InChI is InChI=1S/C25H33N7O3S/c1-5-9-26-22-20-14-28-32(23(20)30-25(29-22)36-16(2)3)11-10-27-24(34)17-12-21(33)31(15-17)18-7-6-8-19(13-18)35-4/h6-8,13-14,16-17H,5,9-12,15H2,1-4H3,(H,27,34)(H,26,29,30). The van der Waals surface area contributed by atoms with E-state index in [0.717, 1.165) is 35.5 Å². The number of carbonyl (C=O) groups excluding carboxylic acids is 2. The average molecular weight is 512 g/mol. The highest BCUT2D eigenvalue weighted by atomic mass is 32.2. The second kappa shape index (κ2) is 11.6. The van der Waals surface area contributed by atoms with E-state index >= 15 is 0 Å². The summed E-state index contributed by atoms with van der Waals surface area (Å²) in [6.07, 6.45) is 2.93. The normalized spacial score (nSPS) is 15.6. The molecule has 2 N–H and O–H groups in total. The van der Waals surface area contributed by atoms with Crippen LogP contribution >= 0.6 is 11.8 Å². The van der Waals surface area contributed by atoms with Crippen molar-refractivity contribution in [2.45, 2.75) is 50.6 Å². The lowest BCUT2D eigenvalue weighted by atomic mass is 10.1. The molecule has 1 saturated heterocycles. The number of anilines is 2. The molecule has 4 rings (SSSR count). The number of ether oxygens (including phenoxy) is 1. The number of hydrogen-bond donors (Lipinski definition) is 2. The molecule has 1 fully saturated rings. The van der Waals surface area contributed by atoms with E-state index in [2.05, 4.69) is 41.5 Å². The van der Waals surface area contributed by atoms with Gasteiger partial charge in [-0.25, -0.2) is 14.6 Å². The first kappa shape index (κ1) is 25.7. The smallest absolute Gasteiger partial charge is 0.227 e. The van der Waals surface area contributed by atoms with Crippen molar-refractivity contribution in [2.75, 3.05) is 37.0 Å². The lowest BCUT2D eigenvalue weighted by Gasteiger charge is -2.17. The molecule has 10 nitrogen and oxygen atoms in total. The highest BCUT2D eigenvalue weighted by Crippen LogP contribution is 2.28. The Morgan fingerprint density at radius 3 is 2.86 bits per heavy atom. The van der Waals surface area contributed by atoms with Crippen LogP contribution in [-0.4, -0.2) is 63.6 Å². The Bertz CT molecular complexity index is 1230. The van der Waals surface area contributed by atoms with E-state index < -0.39 is 5.92 Å².